The van der Waals surface area contributed by atoms with Crippen LogP contribution in [0.1, 0.15) is 24.0 Å². The van der Waals surface area contributed by atoms with Crippen LogP contribution in [0.5, 0.6) is 11.5 Å². The van der Waals surface area contributed by atoms with Crippen molar-refractivity contribution in [2.75, 3.05) is 5.32 Å². The highest BCUT2D eigenvalue weighted by molar-refractivity contribution is 7.13. The standard InChI is InChI=1S/C27H19N5O3S/c1-15-16(2)28-27(30-25(15)33)32-23(14-19(31-32)22-12-7-13-36-22)29-26(34)24-17-8-3-5-10-20(17)35-21-11-6-4-9-18(21)24/h3-14,24H,1H2,2H3,(H,29,34). The van der Waals surface area contributed by atoms with Gasteiger partial charge in [0, 0.05) is 17.2 Å². The van der Waals surface area contributed by atoms with Gasteiger partial charge in [-0.15, -0.1) is 11.3 Å². The molecule has 0 saturated carbocycles. The Bertz CT molecular complexity index is 1570. The lowest BCUT2D eigenvalue weighted by molar-refractivity contribution is -0.117. The van der Waals surface area contributed by atoms with Gasteiger partial charge in [-0.2, -0.15) is 14.8 Å². The van der Waals surface area contributed by atoms with Crippen LogP contribution in [0.25, 0.3) is 10.6 Å². The Kier molecular flexibility index (Phi) is 5.19. The largest absolute Gasteiger partial charge is 0.457 e. The zero-order valence-corrected chi connectivity index (χ0v) is 20.0. The number of carbonyl (C=O) groups is 2. The quantitative estimate of drug-likeness (QED) is 0.394. The molecule has 6 rings (SSSR count). The fourth-order valence-electron chi connectivity index (χ4n) is 4.21. The van der Waals surface area contributed by atoms with Gasteiger partial charge >= 0.3 is 0 Å². The summed E-state index contributed by atoms with van der Waals surface area (Å²) < 4.78 is 7.42. The highest BCUT2D eigenvalue weighted by Gasteiger charge is 2.33. The molecule has 4 heterocycles. The van der Waals surface area contributed by atoms with E-state index in [1.807, 2.05) is 66.0 Å². The third-order valence-electron chi connectivity index (χ3n) is 6.03. The van der Waals surface area contributed by atoms with Crippen molar-refractivity contribution in [2.45, 2.75) is 12.8 Å². The third-order valence-corrected chi connectivity index (χ3v) is 6.92. The van der Waals surface area contributed by atoms with Crippen molar-refractivity contribution in [3.05, 3.63) is 95.4 Å². The van der Waals surface area contributed by atoms with Crippen molar-refractivity contribution in [1.29, 1.82) is 0 Å². The molecule has 0 radical (unpaired) electrons. The Balaban J connectivity index is 1.44. The Hall–Kier alpha value is -4.63. The molecule has 0 bridgehead atoms. The molecule has 176 valence electrons. The fourth-order valence-corrected chi connectivity index (χ4v) is 4.89. The maximum absolute atomic E-state index is 13.8. The lowest BCUT2D eigenvalue weighted by Gasteiger charge is -2.27. The Labute approximate surface area is 210 Å². The molecule has 9 heteroatoms. The van der Waals surface area contributed by atoms with Gasteiger partial charge in [-0.05, 0) is 30.5 Å². The van der Waals surface area contributed by atoms with E-state index in [0.717, 1.165) is 16.0 Å². The molecule has 0 aliphatic carbocycles. The van der Waals surface area contributed by atoms with Crippen LogP contribution in [0.3, 0.4) is 0 Å². The second-order valence-corrected chi connectivity index (χ2v) is 9.24. The monoisotopic (exact) mass is 493 g/mol. The van der Waals surface area contributed by atoms with Crippen LogP contribution < -0.4 is 10.1 Å². The van der Waals surface area contributed by atoms with E-state index in [-0.39, 0.29) is 17.4 Å². The molecule has 8 nitrogen and oxygen atoms in total. The lowest BCUT2D eigenvalue weighted by atomic mass is 9.87. The van der Waals surface area contributed by atoms with Gasteiger partial charge in [0.2, 0.25) is 5.91 Å². The van der Waals surface area contributed by atoms with Gasteiger partial charge < -0.3 is 10.1 Å². The first-order valence-electron chi connectivity index (χ1n) is 11.2. The van der Waals surface area contributed by atoms with Crippen LogP contribution in [0.4, 0.5) is 5.82 Å². The van der Waals surface area contributed by atoms with Gasteiger partial charge in [-0.25, -0.2) is 4.99 Å². The summed E-state index contributed by atoms with van der Waals surface area (Å²) in [5.41, 5.74) is 2.82. The molecule has 2 amide bonds. The normalized spacial score (nSPS) is 14.9. The van der Waals surface area contributed by atoms with E-state index < -0.39 is 11.8 Å². The summed E-state index contributed by atoms with van der Waals surface area (Å²) in [5, 5.41) is 9.58. The van der Waals surface area contributed by atoms with E-state index in [1.165, 1.54) is 16.0 Å². The molecule has 2 aromatic carbocycles. The highest BCUT2D eigenvalue weighted by Crippen LogP contribution is 2.44. The molecule has 4 aromatic rings. The van der Waals surface area contributed by atoms with Gasteiger partial charge in [-0.3, -0.25) is 9.59 Å². The Morgan fingerprint density at radius 2 is 1.72 bits per heavy atom. The van der Waals surface area contributed by atoms with Crippen molar-refractivity contribution in [3.8, 4) is 22.1 Å². The first-order valence-corrected chi connectivity index (χ1v) is 12.1. The summed E-state index contributed by atoms with van der Waals surface area (Å²) in [6.07, 6.45) is 0. The number of benzene rings is 2. The number of thiophene rings is 1. The van der Waals surface area contributed by atoms with Crippen molar-refractivity contribution < 1.29 is 14.3 Å². The number of hydrogen-bond acceptors (Lipinski definition) is 6. The summed E-state index contributed by atoms with van der Waals surface area (Å²) >= 11 is 1.51. The fraction of sp³-hybridized carbons (Fsp3) is 0.0741. The van der Waals surface area contributed by atoms with Crippen LogP contribution in [0.2, 0.25) is 0 Å². The number of hydrogen-bond donors (Lipinski definition) is 1. The number of aliphatic imine (C=N–C) groups is 2. The zero-order valence-electron chi connectivity index (χ0n) is 19.1. The summed E-state index contributed by atoms with van der Waals surface area (Å²) in [6.45, 7) is 5.42. The maximum Gasteiger partial charge on any atom is 0.281 e. The molecule has 36 heavy (non-hydrogen) atoms. The molecule has 0 fully saturated rings. The maximum atomic E-state index is 13.8. The van der Waals surface area contributed by atoms with Crippen molar-refractivity contribution in [3.63, 3.8) is 0 Å². The van der Waals surface area contributed by atoms with Gasteiger partial charge in [0.15, 0.2) is 0 Å². The number of anilines is 1. The van der Waals surface area contributed by atoms with Crippen LogP contribution in [-0.2, 0) is 9.59 Å². The molecule has 0 spiro atoms. The lowest BCUT2D eigenvalue weighted by Crippen LogP contribution is -2.28. The van der Waals surface area contributed by atoms with Gasteiger partial charge in [0.1, 0.15) is 23.0 Å². The van der Waals surface area contributed by atoms with Crippen molar-refractivity contribution in [2.24, 2.45) is 9.98 Å². The van der Waals surface area contributed by atoms with E-state index in [1.54, 1.807) is 13.0 Å². The smallest absolute Gasteiger partial charge is 0.281 e. The summed E-state index contributed by atoms with van der Waals surface area (Å²) in [7, 11) is 0. The number of carbonyl (C=O) groups excluding carboxylic acids is 2. The second kappa shape index (κ2) is 8.54. The Morgan fingerprint density at radius 3 is 2.36 bits per heavy atom. The minimum Gasteiger partial charge on any atom is -0.457 e. The minimum atomic E-state index is -0.611. The van der Waals surface area contributed by atoms with Gasteiger partial charge in [0.25, 0.3) is 11.9 Å². The molecule has 0 atom stereocenters. The Morgan fingerprint density at radius 1 is 1.03 bits per heavy atom. The van der Waals surface area contributed by atoms with E-state index in [2.05, 4.69) is 27.0 Å². The molecular weight excluding hydrogens is 474 g/mol. The summed E-state index contributed by atoms with van der Waals surface area (Å²) in [6, 6.07) is 20.5. The SMILES string of the molecule is C=C1C(=O)N=C(n2nc(-c3cccs3)cc2NC(=O)C2c3ccccc3Oc3ccccc32)N=C1C. The number of aromatic nitrogens is 2. The number of rotatable bonds is 3. The van der Waals surface area contributed by atoms with Gasteiger partial charge in [0.05, 0.1) is 22.1 Å². The number of ether oxygens (including phenoxy) is 1. The van der Waals surface area contributed by atoms with Crippen LogP contribution >= 0.6 is 11.3 Å². The average molecular weight is 494 g/mol. The molecule has 0 saturated heterocycles. The van der Waals surface area contributed by atoms with Gasteiger partial charge in [-0.1, -0.05) is 49.0 Å². The predicted molar refractivity (Wildman–Crippen MR) is 139 cm³/mol. The van der Waals surface area contributed by atoms with Crippen LogP contribution in [0, 0.1) is 0 Å². The first-order chi connectivity index (χ1) is 17.5. The summed E-state index contributed by atoms with van der Waals surface area (Å²) in [4.78, 5) is 35.6. The van der Waals surface area contributed by atoms with Crippen LogP contribution in [-0.4, -0.2) is 33.3 Å². The van der Waals surface area contributed by atoms with Crippen LogP contribution in [0.15, 0.2) is 94.2 Å². The second-order valence-electron chi connectivity index (χ2n) is 8.30. The zero-order chi connectivity index (χ0) is 24.8. The van der Waals surface area contributed by atoms with E-state index >= 15 is 0 Å². The topological polar surface area (TPSA) is 97.9 Å². The molecular formula is C27H19N5O3S. The third kappa shape index (κ3) is 3.66. The minimum absolute atomic E-state index is 0.0655. The number of nitrogens with one attached hydrogen (secondary N) is 1. The average Bonchev–Trinajstić information content (AvgIpc) is 3.56. The molecule has 2 aromatic heterocycles. The van der Waals surface area contributed by atoms with E-state index in [0.29, 0.717) is 28.7 Å². The molecule has 1 N–H and O–H groups in total. The number of amides is 2. The van der Waals surface area contributed by atoms with E-state index in [9.17, 15) is 9.59 Å². The highest BCUT2D eigenvalue weighted by atomic mass is 32.1. The predicted octanol–water partition coefficient (Wildman–Crippen LogP) is 5.25. The van der Waals surface area contributed by atoms with E-state index in [4.69, 9.17) is 4.74 Å². The number of nitrogens with zero attached hydrogens (tertiary/aromatic N) is 4. The first kappa shape index (κ1) is 21.9. The molecule has 2 aliphatic heterocycles. The molecule has 2 aliphatic rings. The van der Waals surface area contributed by atoms with Crippen molar-refractivity contribution >= 4 is 40.6 Å². The summed E-state index contributed by atoms with van der Waals surface area (Å²) in [5.74, 6) is 0.297. The molecule has 0 unspecified atom stereocenters. The number of para-hydroxylation sites is 2. The number of fused-ring (bicyclic) bond motifs is 2. The van der Waals surface area contributed by atoms with Crippen molar-refractivity contribution in [1.82, 2.24) is 9.78 Å².